The molecule has 35 heavy (non-hydrogen) atoms. The van der Waals surface area contributed by atoms with Gasteiger partial charge in [-0.1, -0.05) is 61.2 Å². The average molecular weight is 507 g/mol. The second-order valence-corrected chi connectivity index (χ2v) is 10.8. The summed E-state index contributed by atoms with van der Waals surface area (Å²) in [5, 5.41) is 9.79. The monoisotopic (exact) mass is 506 g/mol. The molecular weight excluding hydrogens is 476 g/mol. The van der Waals surface area contributed by atoms with Crippen LogP contribution in [-0.4, -0.2) is 39.8 Å². The van der Waals surface area contributed by atoms with E-state index in [1.165, 1.54) is 22.2 Å². The normalized spacial score (nSPS) is 17.9. The van der Waals surface area contributed by atoms with Gasteiger partial charge in [-0.3, -0.25) is 19.1 Å². The summed E-state index contributed by atoms with van der Waals surface area (Å²) < 4.78 is 2.24. The van der Waals surface area contributed by atoms with E-state index >= 15 is 0 Å². The van der Waals surface area contributed by atoms with Gasteiger partial charge in [0, 0.05) is 32.2 Å². The molecule has 0 radical (unpaired) electrons. The van der Waals surface area contributed by atoms with Gasteiger partial charge in [-0.25, -0.2) is 0 Å². The topological polar surface area (TPSA) is 69.3 Å². The lowest BCUT2D eigenvalue weighted by Gasteiger charge is -2.36. The van der Waals surface area contributed by atoms with Crippen LogP contribution >= 0.6 is 24.0 Å². The van der Waals surface area contributed by atoms with Gasteiger partial charge in [0.1, 0.15) is 21.8 Å². The van der Waals surface area contributed by atoms with Crippen molar-refractivity contribution in [1.29, 1.82) is 5.26 Å². The molecule has 0 spiro atoms. The Hall–Kier alpha value is -2.89. The third kappa shape index (κ3) is 5.07. The summed E-state index contributed by atoms with van der Waals surface area (Å²) in [6.45, 7) is 5.99. The van der Waals surface area contributed by atoms with E-state index in [0.29, 0.717) is 27.3 Å². The number of piperidine rings is 1. The zero-order valence-corrected chi connectivity index (χ0v) is 22.0. The summed E-state index contributed by atoms with van der Waals surface area (Å²) in [7, 11) is 1.67. The number of thioether (sulfide) groups is 1. The van der Waals surface area contributed by atoms with Crippen molar-refractivity contribution in [2.45, 2.75) is 46.1 Å². The molecule has 0 saturated carbocycles. The van der Waals surface area contributed by atoms with E-state index in [-0.39, 0.29) is 17.0 Å². The maximum Gasteiger partial charge on any atom is 0.270 e. The summed E-state index contributed by atoms with van der Waals surface area (Å²) in [5.41, 5.74) is 2.62. The number of nitrogens with zero attached hydrogens (tertiary/aromatic N) is 4. The van der Waals surface area contributed by atoms with Crippen LogP contribution < -0.4 is 10.5 Å². The van der Waals surface area contributed by atoms with Crippen molar-refractivity contribution in [3.63, 3.8) is 0 Å². The Bertz CT molecular complexity index is 1270. The number of anilines is 1. The molecule has 1 aromatic carbocycles. The van der Waals surface area contributed by atoms with Crippen LogP contribution in [0.4, 0.5) is 5.82 Å². The van der Waals surface area contributed by atoms with Crippen molar-refractivity contribution in [3.8, 4) is 6.07 Å². The molecule has 8 heteroatoms. The van der Waals surface area contributed by atoms with Crippen molar-refractivity contribution < 1.29 is 4.79 Å². The van der Waals surface area contributed by atoms with E-state index in [0.717, 1.165) is 50.2 Å². The molecule has 182 valence electrons. The van der Waals surface area contributed by atoms with Gasteiger partial charge in [0.25, 0.3) is 11.5 Å². The standard InChI is InChI=1S/C27H30N4O2S2/c1-4-12-31-24(30-13-10-20(11-14-30)15-19-8-6-5-7-9-19)21(18(2)22(17-28)25(31)32)16-23-26(33)29(3)27(34)35-23/h5-9,16,20H,4,10-15H2,1-3H3. The first-order valence-electron chi connectivity index (χ1n) is 12.0. The predicted octanol–water partition coefficient (Wildman–Crippen LogP) is 4.73. The highest BCUT2D eigenvalue weighted by molar-refractivity contribution is 8.26. The molecule has 2 aromatic rings. The Morgan fingerprint density at radius 3 is 2.46 bits per heavy atom. The van der Waals surface area contributed by atoms with Gasteiger partial charge in [-0.2, -0.15) is 5.26 Å². The molecule has 3 heterocycles. The second kappa shape index (κ2) is 10.8. The smallest absolute Gasteiger partial charge is 0.270 e. The van der Waals surface area contributed by atoms with Crippen LogP contribution in [0.1, 0.15) is 48.4 Å². The lowest BCUT2D eigenvalue weighted by Crippen LogP contribution is -2.40. The third-order valence-corrected chi connectivity index (χ3v) is 8.32. The SMILES string of the molecule is CCCn1c(N2CCC(Cc3ccccc3)CC2)c(C=C2SC(=S)N(C)C2=O)c(C)c(C#N)c1=O. The number of likely N-dealkylation sites (N-methyl/N-ethyl adjacent to an activating group) is 1. The zero-order chi connectivity index (χ0) is 25.1. The minimum Gasteiger partial charge on any atom is -0.357 e. The first-order valence-corrected chi connectivity index (χ1v) is 13.3. The minimum atomic E-state index is -0.256. The number of amides is 1. The highest BCUT2D eigenvalue weighted by Crippen LogP contribution is 2.36. The van der Waals surface area contributed by atoms with Gasteiger partial charge in [0.15, 0.2) is 0 Å². The Kier molecular flexibility index (Phi) is 7.78. The molecule has 0 unspecified atom stereocenters. The molecule has 0 aliphatic carbocycles. The molecule has 2 aliphatic heterocycles. The zero-order valence-electron chi connectivity index (χ0n) is 20.4. The minimum absolute atomic E-state index is 0.138. The lowest BCUT2D eigenvalue weighted by molar-refractivity contribution is -0.121. The van der Waals surface area contributed by atoms with E-state index in [9.17, 15) is 14.9 Å². The van der Waals surface area contributed by atoms with E-state index in [1.54, 1.807) is 18.5 Å². The Morgan fingerprint density at radius 2 is 1.89 bits per heavy atom. The number of hydrogen-bond donors (Lipinski definition) is 0. The molecule has 2 fully saturated rings. The maximum absolute atomic E-state index is 13.3. The summed E-state index contributed by atoms with van der Waals surface area (Å²) in [6, 6.07) is 12.7. The highest BCUT2D eigenvalue weighted by atomic mass is 32.2. The number of nitriles is 1. The molecule has 1 amide bonds. The molecule has 2 aliphatic rings. The summed E-state index contributed by atoms with van der Waals surface area (Å²) in [5.74, 6) is 1.24. The number of pyridine rings is 1. The number of thiocarbonyl (C=S) groups is 1. The quantitative estimate of drug-likeness (QED) is 0.417. The van der Waals surface area contributed by atoms with Crippen LogP contribution in [0.2, 0.25) is 0 Å². The van der Waals surface area contributed by atoms with Crippen LogP contribution in [0.15, 0.2) is 40.0 Å². The van der Waals surface area contributed by atoms with Gasteiger partial charge >= 0.3 is 0 Å². The first-order chi connectivity index (χ1) is 16.8. The van der Waals surface area contributed by atoms with E-state index in [1.807, 2.05) is 19.1 Å². The van der Waals surface area contributed by atoms with Crippen LogP contribution in [0, 0.1) is 24.2 Å². The van der Waals surface area contributed by atoms with Gasteiger partial charge < -0.3 is 4.90 Å². The van der Waals surface area contributed by atoms with Gasteiger partial charge in [-0.15, -0.1) is 0 Å². The fourth-order valence-electron chi connectivity index (χ4n) is 4.89. The fraction of sp³-hybridized carbons (Fsp3) is 0.407. The van der Waals surface area contributed by atoms with E-state index in [4.69, 9.17) is 12.2 Å². The second-order valence-electron chi connectivity index (χ2n) is 9.17. The molecule has 0 atom stereocenters. The highest BCUT2D eigenvalue weighted by Gasteiger charge is 2.31. The van der Waals surface area contributed by atoms with Crippen LogP contribution in [0.5, 0.6) is 0 Å². The number of carbonyl (C=O) groups excluding carboxylic acids is 1. The van der Waals surface area contributed by atoms with Gasteiger partial charge in [0.05, 0.1) is 4.91 Å². The summed E-state index contributed by atoms with van der Waals surface area (Å²) in [4.78, 5) is 30.3. The summed E-state index contributed by atoms with van der Waals surface area (Å²) >= 11 is 6.57. The Labute approximate surface area is 216 Å². The van der Waals surface area contributed by atoms with Crippen LogP contribution in [0.3, 0.4) is 0 Å². The maximum atomic E-state index is 13.3. The van der Waals surface area contributed by atoms with Crippen LogP contribution in [0.25, 0.3) is 6.08 Å². The molecule has 0 N–H and O–H groups in total. The lowest BCUT2D eigenvalue weighted by atomic mass is 9.90. The number of benzene rings is 1. The molecular formula is C27H30N4O2S2. The fourth-order valence-corrected chi connectivity index (χ4v) is 6.05. The van der Waals surface area contributed by atoms with Gasteiger partial charge in [0.2, 0.25) is 0 Å². The Morgan fingerprint density at radius 1 is 1.20 bits per heavy atom. The number of rotatable bonds is 6. The number of hydrogen-bond acceptors (Lipinski definition) is 6. The summed E-state index contributed by atoms with van der Waals surface area (Å²) in [6.07, 6.45) is 5.68. The average Bonchev–Trinajstić information content (AvgIpc) is 3.10. The van der Waals surface area contributed by atoms with Crippen LogP contribution in [-0.2, 0) is 17.8 Å². The largest absolute Gasteiger partial charge is 0.357 e. The van der Waals surface area contributed by atoms with Crippen molar-refractivity contribution in [2.24, 2.45) is 5.92 Å². The Balaban J connectivity index is 1.74. The first kappa shape index (κ1) is 25.2. The number of carbonyl (C=O) groups is 1. The molecule has 2 saturated heterocycles. The third-order valence-electron chi connectivity index (χ3n) is 6.84. The van der Waals surface area contributed by atoms with Crippen molar-refractivity contribution in [2.75, 3.05) is 25.0 Å². The predicted molar refractivity (Wildman–Crippen MR) is 146 cm³/mol. The number of aromatic nitrogens is 1. The molecule has 6 nitrogen and oxygen atoms in total. The van der Waals surface area contributed by atoms with Crippen molar-refractivity contribution in [3.05, 3.63) is 67.8 Å². The van der Waals surface area contributed by atoms with Crippen molar-refractivity contribution >= 4 is 46.1 Å². The van der Waals surface area contributed by atoms with E-state index < -0.39 is 0 Å². The molecule has 0 bridgehead atoms. The molecule has 1 aromatic heterocycles. The van der Waals surface area contributed by atoms with Crippen molar-refractivity contribution in [1.82, 2.24) is 9.47 Å². The van der Waals surface area contributed by atoms with E-state index in [2.05, 4.69) is 35.2 Å². The van der Waals surface area contributed by atoms with Gasteiger partial charge in [-0.05, 0) is 55.7 Å². The molecule has 4 rings (SSSR count).